The zero-order chi connectivity index (χ0) is 25.4. The molecule has 1 heterocycles. The van der Waals surface area contributed by atoms with Crippen molar-refractivity contribution in [1.82, 2.24) is 4.90 Å². The molecule has 35 heavy (non-hydrogen) atoms. The molecule has 5 nitrogen and oxygen atoms in total. The Morgan fingerprint density at radius 3 is 2.86 bits per heavy atom. The van der Waals surface area contributed by atoms with Crippen LogP contribution in [0.15, 0.2) is 36.4 Å². The fraction of sp³-hybridized carbons (Fsp3) is 0.536. The summed E-state index contributed by atoms with van der Waals surface area (Å²) in [5, 5.41) is 11.5. The minimum Gasteiger partial charge on any atom is -0.466 e. The number of hydrogen-bond donors (Lipinski definition) is 1. The van der Waals surface area contributed by atoms with E-state index in [1.54, 1.807) is 13.0 Å². The molecule has 1 aliphatic heterocycles. The second-order valence-corrected chi connectivity index (χ2v) is 9.73. The van der Waals surface area contributed by atoms with E-state index in [-0.39, 0.29) is 31.2 Å². The number of benzene rings is 2. The highest BCUT2D eigenvalue weighted by atomic mass is 35.5. The lowest BCUT2D eigenvalue weighted by molar-refractivity contribution is -0.143. The first-order chi connectivity index (χ1) is 16.8. The first-order valence-electron chi connectivity index (χ1n) is 12.5. The first-order valence-corrected chi connectivity index (χ1v) is 12.9. The van der Waals surface area contributed by atoms with Gasteiger partial charge in [-0.3, -0.25) is 9.69 Å². The van der Waals surface area contributed by atoms with Crippen LogP contribution in [-0.4, -0.2) is 54.4 Å². The number of β-amino-alcohol motifs (C(OH)–C–C–N with tert-alkyl or cyclic N) is 1. The molecule has 7 heteroatoms. The molecule has 1 fully saturated rings. The van der Waals surface area contributed by atoms with Gasteiger partial charge in [-0.15, -0.1) is 0 Å². The minimum absolute atomic E-state index is 0.111. The summed E-state index contributed by atoms with van der Waals surface area (Å²) in [6.07, 6.45) is 2.37. The van der Waals surface area contributed by atoms with Gasteiger partial charge in [0.1, 0.15) is 5.82 Å². The Balaban J connectivity index is 1.53. The van der Waals surface area contributed by atoms with Crippen LogP contribution < -0.4 is 0 Å². The van der Waals surface area contributed by atoms with Gasteiger partial charge < -0.3 is 14.6 Å². The summed E-state index contributed by atoms with van der Waals surface area (Å²) in [6.45, 7) is 7.50. The topological polar surface area (TPSA) is 59.0 Å². The Hall–Kier alpha value is -1.99. The van der Waals surface area contributed by atoms with Crippen molar-refractivity contribution in [2.24, 2.45) is 0 Å². The zero-order valence-electron chi connectivity index (χ0n) is 20.9. The van der Waals surface area contributed by atoms with E-state index in [1.165, 1.54) is 11.6 Å². The number of ether oxygens (including phenoxy) is 2. The van der Waals surface area contributed by atoms with Gasteiger partial charge in [0.15, 0.2) is 0 Å². The first kappa shape index (κ1) is 27.6. The minimum atomic E-state index is -0.656. The van der Waals surface area contributed by atoms with Crippen molar-refractivity contribution in [3.05, 3.63) is 69.5 Å². The van der Waals surface area contributed by atoms with Crippen LogP contribution in [0, 0.1) is 12.7 Å². The van der Waals surface area contributed by atoms with Crippen molar-refractivity contribution in [3.8, 4) is 0 Å². The van der Waals surface area contributed by atoms with Gasteiger partial charge in [0.2, 0.25) is 0 Å². The molecule has 2 unspecified atom stereocenters. The van der Waals surface area contributed by atoms with Gasteiger partial charge in [-0.1, -0.05) is 35.9 Å². The number of aliphatic hydroxyl groups is 1. The van der Waals surface area contributed by atoms with Crippen molar-refractivity contribution < 1.29 is 23.8 Å². The van der Waals surface area contributed by atoms with E-state index >= 15 is 0 Å². The van der Waals surface area contributed by atoms with Crippen LogP contribution in [0.1, 0.15) is 61.5 Å². The number of nitrogens with zero attached hydrogens (tertiary/aromatic N) is 1. The van der Waals surface area contributed by atoms with Gasteiger partial charge in [-0.2, -0.15) is 0 Å². The lowest BCUT2D eigenvalue weighted by Crippen LogP contribution is -2.39. The summed E-state index contributed by atoms with van der Waals surface area (Å²) in [5.74, 6) is -0.710. The molecule has 2 aromatic rings. The molecule has 2 aromatic carbocycles. The maximum atomic E-state index is 14.5. The van der Waals surface area contributed by atoms with Gasteiger partial charge in [0.25, 0.3) is 0 Å². The fourth-order valence-corrected chi connectivity index (χ4v) is 4.95. The summed E-state index contributed by atoms with van der Waals surface area (Å²) in [7, 11) is 0. The number of likely N-dealkylation sites (tertiary alicyclic amines) is 1. The smallest absolute Gasteiger partial charge is 0.306 e. The third-order valence-electron chi connectivity index (χ3n) is 6.67. The largest absolute Gasteiger partial charge is 0.466 e. The Morgan fingerprint density at radius 1 is 1.31 bits per heavy atom. The standard InChI is InChI=1S/C28H37ClFNO4/c1-4-34-28(33)13-12-25-24(8-5-9-27(25)30)20(3)35-18-23(32)17-31-14-6-7-22(31)15-21-11-10-19(2)26(29)16-21/h5,8-11,16,20,22-23,32H,4,6-7,12-15,17-18H2,1-3H3/t20?,22-,23?/m0/s1. The number of aliphatic hydroxyl groups excluding tert-OH is 1. The number of carbonyl (C=O) groups excluding carboxylic acids is 1. The van der Waals surface area contributed by atoms with Crippen LogP contribution in [0.25, 0.3) is 0 Å². The number of esters is 1. The normalized spacial score (nSPS) is 17.9. The van der Waals surface area contributed by atoms with Crippen molar-refractivity contribution >= 4 is 17.6 Å². The maximum Gasteiger partial charge on any atom is 0.306 e. The molecular formula is C28H37ClFNO4. The Kier molecular flexibility index (Phi) is 10.5. The summed E-state index contributed by atoms with van der Waals surface area (Å²) in [6, 6.07) is 11.4. The van der Waals surface area contributed by atoms with Crippen LogP contribution >= 0.6 is 11.6 Å². The van der Waals surface area contributed by atoms with E-state index in [0.717, 1.165) is 36.4 Å². The third-order valence-corrected chi connectivity index (χ3v) is 7.08. The van der Waals surface area contributed by atoms with Gasteiger partial charge in [0, 0.05) is 24.0 Å². The second kappa shape index (κ2) is 13.4. The number of carbonyl (C=O) groups is 1. The highest BCUT2D eigenvalue weighted by Crippen LogP contribution is 2.27. The second-order valence-electron chi connectivity index (χ2n) is 9.32. The molecule has 0 spiro atoms. The zero-order valence-corrected chi connectivity index (χ0v) is 21.7. The maximum absolute atomic E-state index is 14.5. The van der Waals surface area contributed by atoms with Gasteiger partial charge in [0.05, 0.1) is 25.4 Å². The van der Waals surface area contributed by atoms with Crippen molar-refractivity contribution in [3.63, 3.8) is 0 Å². The molecule has 3 rings (SSSR count). The summed E-state index contributed by atoms with van der Waals surface area (Å²) in [4.78, 5) is 14.1. The Bertz CT molecular complexity index is 985. The molecule has 0 amide bonds. The highest BCUT2D eigenvalue weighted by molar-refractivity contribution is 6.31. The van der Waals surface area contributed by atoms with Crippen LogP contribution in [0.3, 0.4) is 0 Å². The molecule has 0 saturated carbocycles. The lowest BCUT2D eigenvalue weighted by Gasteiger charge is -2.28. The number of rotatable bonds is 12. The van der Waals surface area contributed by atoms with Crippen molar-refractivity contribution in [2.45, 2.75) is 71.1 Å². The third kappa shape index (κ3) is 8.01. The highest BCUT2D eigenvalue weighted by Gasteiger charge is 2.27. The molecule has 0 radical (unpaired) electrons. The molecule has 0 aliphatic carbocycles. The molecular weight excluding hydrogens is 469 g/mol. The number of halogens is 2. The predicted molar refractivity (Wildman–Crippen MR) is 136 cm³/mol. The van der Waals surface area contributed by atoms with E-state index in [9.17, 15) is 14.3 Å². The molecule has 192 valence electrons. The van der Waals surface area contributed by atoms with Crippen molar-refractivity contribution in [1.29, 1.82) is 0 Å². The van der Waals surface area contributed by atoms with Gasteiger partial charge in [-0.25, -0.2) is 4.39 Å². The van der Waals surface area contributed by atoms with Gasteiger partial charge in [-0.05, 0) is 87.4 Å². The quantitative estimate of drug-likeness (QED) is 0.390. The Labute approximate surface area is 213 Å². The summed E-state index contributed by atoms with van der Waals surface area (Å²) < 4.78 is 25.4. The van der Waals surface area contributed by atoms with Crippen LogP contribution in [-0.2, 0) is 27.1 Å². The van der Waals surface area contributed by atoms with E-state index < -0.39 is 12.2 Å². The fourth-order valence-electron chi connectivity index (χ4n) is 4.75. The van der Waals surface area contributed by atoms with Crippen LogP contribution in [0.2, 0.25) is 5.02 Å². The molecule has 1 saturated heterocycles. The summed E-state index contributed by atoms with van der Waals surface area (Å²) in [5.41, 5.74) is 3.43. The van der Waals surface area contributed by atoms with E-state index in [4.69, 9.17) is 21.1 Å². The number of aryl methyl sites for hydroxylation is 1. The monoisotopic (exact) mass is 505 g/mol. The van der Waals surface area contributed by atoms with E-state index in [1.807, 2.05) is 26.0 Å². The van der Waals surface area contributed by atoms with Crippen LogP contribution in [0.5, 0.6) is 0 Å². The molecule has 1 aliphatic rings. The SMILES string of the molecule is CCOC(=O)CCc1c(F)cccc1C(C)OCC(O)CN1CCC[C@H]1Cc1ccc(C)c(Cl)c1. The summed E-state index contributed by atoms with van der Waals surface area (Å²) >= 11 is 6.29. The lowest BCUT2D eigenvalue weighted by atomic mass is 9.98. The van der Waals surface area contributed by atoms with Crippen molar-refractivity contribution in [2.75, 3.05) is 26.3 Å². The van der Waals surface area contributed by atoms with E-state index in [0.29, 0.717) is 30.3 Å². The average molecular weight is 506 g/mol. The van der Waals surface area contributed by atoms with E-state index in [2.05, 4.69) is 17.0 Å². The van der Waals surface area contributed by atoms with Crippen LogP contribution in [0.4, 0.5) is 4.39 Å². The molecule has 1 N–H and O–H groups in total. The van der Waals surface area contributed by atoms with Gasteiger partial charge >= 0.3 is 5.97 Å². The number of hydrogen-bond acceptors (Lipinski definition) is 5. The average Bonchev–Trinajstić information content (AvgIpc) is 3.25. The Morgan fingerprint density at radius 2 is 2.11 bits per heavy atom. The molecule has 3 atom stereocenters. The molecule has 0 aromatic heterocycles. The predicted octanol–water partition coefficient (Wildman–Crippen LogP) is 5.43. The molecule has 0 bridgehead atoms.